The van der Waals surface area contributed by atoms with Crippen LogP contribution in [0.3, 0.4) is 0 Å². The Kier molecular flexibility index (Phi) is 3.52. The van der Waals surface area contributed by atoms with Crippen molar-refractivity contribution in [3.63, 3.8) is 0 Å². The number of hydrazine groups is 1. The van der Waals surface area contributed by atoms with Crippen LogP contribution in [0.25, 0.3) is 0 Å². The maximum absolute atomic E-state index is 12.6. The highest BCUT2D eigenvalue weighted by atomic mass is 19.4. The molecule has 0 unspecified atom stereocenters. The normalized spacial score (nSPS) is 11.2. The van der Waals surface area contributed by atoms with Crippen molar-refractivity contribution >= 4 is 17.5 Å². The molecule has 1 aromatic carbocycles. The molecule has 8 heteroatoms. The predicted molar refractivity (Wildman–Crippen MR) is 64.6 cm³/mol. The summed E-state index contributed by atoms with van der Waals surface area (Å²) in [6.07, 6.45) is -4.57. The average Bonchev–Trinajstić information content (AvgIpc) is 2.38. The van der Waals surface area contributed by atoms with Crippen LogP contribution in [0.1, 0.15) is 5.69 Å². The molecule has 0 saturated carbocycles. The van der Waals surface area contributed by atoms with E-state index in [1.54, 1.807) is 30.3 Å². The van der Waals surface area contributed by atoms with Gasteiger partial charge in [-0.3, -0.25) is 5.43 Å². The van der Waals surface area contributed by atoms with Crippen LogP contribution in [-0.4, -0.2) is 9.97 Å². The molecule has 0 aliphatic heterocycles. The van der Waals surface area contributed by atoms with Crippen molar-refractivity contribution in [3.8, 4) is 0 Å². The van der Waals surface area contributed by atoms with Crippen molar-refractivity contribution in [3.05, 3.63) is 42.1 Å². The van der Waals surface area contributed by atoms with E-state index < -0.39 is 11.9 Å². The van der Waals surface area contributed by atoms with Gasteiger partial charge in [-0.25, -0.2) is 10.8 Å². The predicted octanol–water partition coefficient (Wildman–Crippen LogP) is 2.52. The Morgan fingerprint density at radius 1 is 1.05 bits per heavy atom. The van der Waals surface area contributed by atoms with E-state index in [0.29, 0.717) is 5.69 Å². The molecular formula is C11H10F3N5. The number of nitrogens with one attached hydrogen (secondary N) is 2. The molecule has 0 saturated heterocycles. The van der Waals surface area contributed by atoms with Crippen molar-refractivity contribution in [2.24, 2.45) is 5.84 Å². The first-order chi connectivity index (χ1) is 8.99. The lowest BCUT2D eigenvalue weighted by molar-refractivity contribution is -0.141. The lowest BCUT2D eigenvalue weighted by atomic mass is 10.3. The number of hydrogen-bond donors (Lipinski definition) is 3. The van der Waals surface area contributed by atoms with Crippen molar-refractivity contribution in [1.29, 1.82) is 0 Å². The fourth-order valence-corrected chi connectivity index (χ4v) is 1.39. The molecule has 5 nitrogen and oxygen atoms in total. The van der Waals surface area contributed by atoms with E-state index in [4.69, 9.17) is 5.84 Å². The van der Waals surface area contributed by atoms with E-state index in [2.05, 4.69) is 15.3 Å². The Labute approximate surface area is 106 Å². The zero-order valence-corrected chi connectivity index (χ0v) is 9.57. The second-order valence-corrected chi connectivity index (χ2v) is 3.60. The zero-order chi connectivity index (χ0) is 13.9. The zero-order valence-electron chi connectivity index (χ0n) is 9.57. The standard InChI is InChI=1S/C11H10F3N5/c12-11(13,14)8-6-9(18-10(17-8)19-15)16-7-4-2-1-3-5-7/h1-6H,15H2,(H2,16,17,18,19). The molecule has 0 radical (unpaired) electrons. The van der Waals surface area contributed by atoms with Crippen LogP contribution >= 0.6 is 0 Å². The van der Waals surface area contributed by atoms with E-state index >= 15 is 0 Å². The molecule has 2 aromatic rings. The molecule has 0 atom stereocenters. The number of nitrogen functional groups attached to an aromatic ring is 1. The Bertz CT molecular complexity index is 556. The molecule has 0 fully saturated rings. The number of rotatable bonds is 3. The Morgan fingerprint density at radius 3 is 2.32 bits per heavy atom. The van der Waals surface area contributed by atoms with Gasteiger partial charge < -0.3 is 5.32 Å². The van der Waals surface area contributed by atoms with Crippen LogP contribution in [0.15, 0.2) is 36.4 Å². The first-order valence-corrected chi connectivity index (χ1v) is 5.24. The molecule has 4 N–H and O–H groups in total. The van der Waals surface area contributed by atoms with Gasteiger partial charge >= 0.3 is 6.18 Å². The summed E-state index contributed by atoms with van der Waals surface area (Å²) in [5, 5.41) is 2.74. The molecule has 0 aliphatic carbocycles. The van der Waals surface area contributed by atoms with Gasteiger partial charge in [-0.15, -0.1) is 0 Å². The van der Waals surface area contributed by atoms with E-state index in [0.717, 1.165) is 6.07 Å². The summed E-state index contributed by atoms with van der Waals surface area (Å²) in [5.74, 6) is 4.74. The third-order valence-corrected chi connectivity index (χ3v) is 2.19. The molecule has 1 aromatic heterocycles. The molecule has 0 bridgehead atoms. The minimum Gasteiger partial charge on any atom is -0.340 e. The molecule has 1 heterocycles. The lowest BCUT2D eigenvalue weighted by Crippen LogP contribution is -2.16. The number of hydrogen-bond acceptors (Lipinski definition) is 5. The first kappa shape index (κ1) is 13.1. The second kappa shape index (κ2) is 5.11. The maximum atomic E-state index is 12.6. The van der Waals surface area contributed by atoms with E-state index in [1.807, 2.05) is 5.43 Å². The molecule has 100 valence electrons. The Balaban J connectivity index is 2.35. The summed E-state index contributed by atoms with van der Waals surface area (Å²) < 4.78 is 37.9. The number of alkyl halides is 3. The first-order valence-electron chi connectivity index (χ1n) is 5.24. The van der Waals surface area contributed by atoms with Crippen LogP contribution < -0.4 is 16.6 Å². The lowest BCUT2D eigenvalue weighted by Gasteiger charge is -2.11. The topological polar surface area (TPSA) is 75.9 Å². The Morgan fingerprint density at radius 2 is 1.74 bits per heavy atom. The van der Waals surface area contributed by atoms with Crippen LogP contribution in [0.5, 0.6) is 0 Å². The summed E-state index contributed by atoms with van der Waals surface area (Å²) in [7, 11) is 0. The van der Waals surface area contributed by atoms with Gasteiger partial charge in [0.1, 0.15) is 5.82 Å². The summed E-state index contributed by atoms with van der Waals surface area (Å²) in [5.41, 5.74) is 1.54. The summed E-state index contributed by atoms with van der Waals surface area (Å²) in [4.78, 5) is 7.05. The number of nitrogens with two attached hydrogens (primary N) is 1. The number of nitrogens with zero attached hydrogens (tertiary/aromatic N) is 2. The fourth-order valence-electron chi connectivity index (χ4n) is 1.39. The van der Waals surface area contributed by atoms with Crippen molar-refractivity contribution < 1.29 is 13.2 Å². The summed E-state index contributed by atoms with van der Waals surface area (Å²) >= 11 is 0. The average molecular weight is 269 g/mol. The highest BCUT2D eigenvalue weighted by Gasteiger charge is 2.33. The van der Waals surface area contributed by atoms with Gasteiger partial charge in [0, 0.05) is 11.8 Å². The van der Waals surface area contributed by atoms with Crippen LogP contribution in [-0.2, 0) is 6.18 Å². The van der Waals surface area contributed by atoms with Gasteiger partial charge in [-0.05, 0) is 12.1 Å². The third-order valence-electron chi connectivity index (χ3n) is 2.19. The number of halogens is 3. The SMILES string of the molecule is NNc1nc(Nc2ccccc2)cc(C(F)(F)F)n1. The molecule has 2 rings (SSSR count). The quantitative estimate of drug-likeness (QED) is 0.589. The summed E-state index contributed by atoms with van der Waals surface area (Å²) in [6, 6.07) is 9.50. The highest BCUT2D eigenvalue weighted by molar-refractivity contribution is 5.57. The van der Waals surface area contributed by atoms with E-state index in [9.17, 15) is 13.2 Å². The van der Waals surface area contributed by atoms with Gasteiger partial charge in [-0.2, -0.15) is 18.2 Å². The van der Waals surface area contributed by atoms with Crippen molar-refractivity contribution in [1.82, 2.24) is 9.97 Å². The number of benzene rings is 1. The molecule has 0 spiro atoms. The highest BCUT2D eigenvalue weighted by Crippen LogP contribution is 2.30. The molecule has 0 amide bonds. The summed E-state index contributed by atoms with van der Waals surface area (Å²) in [6.45, 7) is 0. The Hall–Kier alpha value is -2.35. The number of aromatic nitrogens is 2. The second-order valence-electron chi connectivity index (χ2n) is 3.60. The van der Waals surface area contributed by atoms with Gasteiger partial charge in [-0.1, -0.05) is 18.2 Å². The largest absolute Gasteiger partial charge is 0.433 e. The van der Waals surface area contributed by atoms with E-state index in [1.165, 1.54) is 0 Å². The van der Waals surface area contributed by atoms with Gasteiger partial charge in [0.2, 0.25) is 5.95 Å². The van der Waals surface area contributed by atoms with Crippen LogP contribution in [0.2, 0.25) is 0 Å². The van der Waals surface area contributed by atoms with Gasteiger partial charge in [0.05, 0.1) is 0 Å². The van der Waals surface area contributed by atoms with Crippen molar-refractivity contribution in [2.45, 2.75) is 6.18 Å². The molecular weight excluding hydrogens is 259 g/mol. The third kappa shape index (κ3) is 3.32. The smallest absolute Gasteiger partial charge is 0.340 e. The molecule has 0 aliphatic rings. The number of para-hydroxylation sites is 1. The maximum Gasteiger partial charge on any atom is 0.433 e. The minimum atomic E-state index is -4.57. The van der Waals surface area contributed by atoms with E-state index in [-0.39, 0.29) is 11.8 Å². The molecule has 19 heavy (non-hydrogen) atoms. The van der Waals surface area contributed by atoms with Gasteiger partial charge in [0.15, 0.2) is 5.69 Å². The van der Waals surface area contributed by atoms with Crippen molar-refractivity contribution in [2.75, 3.05) is 10.7 Å². The van der Waals surface area contributed by atoms with Crippen LogP contribution in [0, 0.1) is 0 Å². The number of anilines is 3. The van der Waals surface area contributed by atoms with Crippen LogP contribution in [0.4, 0.5) is 30.6 Å². The monoisotopic (exact) mass is 269 g/mol. The minimum absolute atomic E-state index is 0.00137. The van der Waals surface area contributed by atoms with Gasteiger partial charge in [0.25, 0.3) is 0 Å². The fraction of sp³-hybridized carbons (Fsp3) is 0.0909.